The molecule has 1 fully saturated rings. The van der Waals surface area contributed by atoms with E-state index >= 15 is 0 Å². The van der Waals surface area contributed by atoms with E-state index in [2.05, 4.69) is 5.32 Å². The summed E-state index contributed by atoms with van der Waals surface area (Å²) in [6.45, 7) is 2.59. The molecule has 1 aliphatic heterocycles. The lowest BCUT2D eigenvalue weighted by Gasteiger charge is -2.17. The molecule has 0 aromatic heterocycles. The van der Waals surface area contributed by atoms with Crippen LogP contribution in [0.4, 0.5) is 10.1 Å². The van der Waals surface area contributed by atoms with Gasteiger partial charge in [0.15, 0.2) is 0 Å². The fourth-order valence-electron chi connectivity index (χ4n) is 2.16. The minimum atomic E-state index is -0.727. The van der Waals surface area contributed by atoms with E-state index < -0.39 is 11.7 Å². The third-order valence-corrected chi connectivity index (χ3v) is 3.31. The highest BCUT2D eigenvalue weighted by molar-refractivity contribution is 6.30. The summed E-state index contributed by atoms with van der Waals surface area (Å²) < 4.78 is 13.8. The van der Waals surface area contributed by atoms with Crippen molar-refractivity contribution in [2.24, 2.45) is 5.92 Å². The average Bonchev–Trinajstić information content (AvgIpc) is 2.72. The molecule has 1 heterocycles. The van der Waals surface area contributed by atoms with Gasteiger partial charge in [-0.25, -0.2) is 4.39 Å². The third kappa shape index (κ3) is 2.71. The lowest BCUT2D eigenvalue weighted by Crippen LogP contribution is -2.36. The lowest BCUT2D eigenvalue weighted by molar-refractivity contribution is -0.132. The second kappa shape index (κ2) is 5.57. The summed E-state index contributed by atoms with van der Waals surface area (Å²) in [6, 6.07) is 4.13. The zero-order chi connectivity index (χ0) is 14.0. The molecule has 1 aromatic carbocycles. The maximum Gasteiger partial charge on any atom is 0.239 e. The van der Waals surface area contributed by atoms with Gasteiger partial charge >= 0.3 is 0 Å². The van der Waals surface area contributed by atoms with Crippen LogP contribution in [-0.4, -0.2) is 24.9 Å². The van der Waals surface area contributed by atoms with Gasteiger partial charge in [0.1, 0.15) is 11.7 Å². The first kappa shape index (κ1) is 13.8. The number of nitrogens with one attached hydrogen (secondary N) is 1. The van der Waals surface area contributed by atoms with Gasteiger partial charge in [-0.3, -0.25) is 9.59 Å². The van der Waals surface area contributed by atoms with Crippen LogP contribution in [0.15, 0.2) is 18.2 Å². The number of carbonyl (C=O) groups excluding carboxylic acids is 2. The van der Waals surface area contributed by atoms with Crippen molar-refractivity contribution in [3.05, 3.63) is 29.0 Å². The molecular formula is C13H14ClFN2O2. The molecule has 1 unspecified atom stereocenters. The van der Waals surface area contributed by atoms with Crippen LogP contribution < -0.4 is 10.2 Å². The van der Waals surface area contributed by atoms with Gasteiger partial charge in [-0.1, -0.05) is 11.6 Å². The number of nitrogens with zero attached hydrogens (tertiary/aromatic N) is 1. The van der Waals surface area contributed by atoms with Crippen LogP contribution in [0.25, 0.3) is 0 Å². The Morgan fingerprint density at radius 1 is 1.58 bits per heavy atom. The van der Waals surface area contributed by atoms with Gasteiger partial charge in [-0.05, 0) is 31.5 Å². The van der Waals surface area contributed by atoms with Gasteiger partial charge in [-0.15, -0.1) is 0 Å². The standard InChI is InChI=1S/C13H14ClFN2O2/c1-2-16-12(18)9-5-6-17(13(9)19)11-4-3-8(14)7-10(11)15/h3-4,7,9H,2,5-6H2,1H3,(H,16,18). The van der Waals surface area contributed by atoms with Crippen molar-refractivity contribution >= 4 is 29.1 Å². The van der Waals surface area contributed by atoms with E-state index in [0.717, 1.165) is 6.07 Å². The van der Waals surface area contributed by atoms with E-state index in [0.29, 0.717) is 19.5 Å². The van der Waals surface area contributed by atoms with Gasteiger partial charge in [-0.2, -0.15) is 0 Å². The molecule has 1 atom stereocenters. The first-order valence-corrected chi connectivity index (χ1v) is 6.46. The van der Waals surface area contributed by atoms with Crippen LogP contribution >= 0.6 is 11.6 Å². The number of anilines is 1. The molecule has 1 N–H and O–H groups in total. The Morgan fingerprint density at radius 3 is 2.95 bits per heavy atom. The normalized spacial score (nSPS) is 18.8. The summed E-state index contributed by atoms with van der Waals surface area (Å²) in [5.74, 6) is -1.95. The lowest BCUT2D eigenvalue weighted by atomic mass is 10.1. The molecule has 102 valence electrons. The van der Waals surface area contributed by atoms with E-state index in [1.54, 1.807) is 6.92 Å². The SMILES string of the molecule is CCNC(=O)C1CCN(c2ccc(Cl)cc2F)C1=O. The molecule has 0 radical (unpaired) electrons. The summed E-state index contributed by atoms with van der Waals surface area (Å²) in [5.41, 5.74) is 0.168. The maximum absolute atomic E-state index is 13.8. The first-order valence-electron chi connectivity index (χ1n) is 6.08. The van der Waals surface area contributed by atoms with Gasteiger partial charge in [0.2, 0.25) is 11.8 Å². The van der Waals surface area contributed by atoms with Crippen molar-refractivity contribution < 1.29 is 14.0 Å². The summed E-state index contributed by atoms with van der Waals surface area (Å²) >= 11 is 5.67. The van der Waals surface area contributed by atoms with Crippen LogP contribution in [0.2, 0.25) is 5.02 Å². The molecule has 1 saturated heterocycles. The van der Waals surface area contributed by atoms with Crippen LogP contribution in [-0.2, 0) is 9.59 Å². The topological polar surface area (TPSA) is 49.4 Å². The Kier molecular flexibility index (Phi) is 4.04. The number of amides is 2. The van der Waals surface area contributed by atoms with Crippen molar-refractivity contribution in [2.75, 3.05) is 18.0 Å². The number of hydrogen-bond acceptors (Lipinski definition) is 2. The van der Waals surface area contributed by atoms with Crippen molar-refractivity contribution in [1.82, 2.24) is 5.32 Å². The van der Waals surface area contributed by atoms with Gasteiger partial charge in [0, 0.05) is 18.1 Å². The smallest absolute Gasteiger partial charge is 0.239 e. The summed E-state index contributed by atoms with van der Waals surface area (Å²) in [6.07, 6.45) is 0.396. The first-order chi connectivity index (χ1) is 9.04. The van der Waals surface area contributed by atoms with Crippen molar-refractivity contribution in [3.8, 4) is 0 Å². The Labute approximate surface area is 115 Å². The van der Waals surface area contributed by atoms with Crippen LogP contribution in [0.3, 0.4) is 0 Å². The number of rotatable bonds is 3. The van der Waals surface area contributed by atoms with Crippen LogP contribution in [0.1, 0.15) is 13.3 Å². The highest BCUT2D eigenvalue weighted by atomic mass is 35.5. The summed E-state index contributed by atoms with van der Waals surface area (Å²) in [5, 5.41) is 2.88. The van der Waals surface area contributed by atoms with E-state index in [1.165, 1.54) is 17.0 Å². The molecular weight excluding hydrogens is 271 g/mol. The number of benzene rings is 1. The monoisotopic (exact) mass is 284 g/mol. The van der Waals surface area contributed by atoms with E-state index in [-0.39, 0.29) is 22.5 Å². The van der Waals surface area contributed by atoms with Crippen molar-refractivity contribution in [3.63, 3.8) is 0 Å². The quantitative estimate of drug-likeness (QED) is 0.863. The fourth-order valence-corrected chi connectivity index (χ4v) is 2.32. The third-order valence-electron chi connectivity index (χ3n) is 3.07. The van der Waals surface area contributed by atoms with Crippen LogP contribution in [0, 0.1) is 11.7 Å². The molecule has 0 aliphatic carbocycles. The predicted octanol–water partition coefficient (Wildman–Crippen LogP) is 1.97. The fraction of sp³-hybridized carbons (Fsp3) is 0.385. The second-order valence-electron chi connectivity index (χ2n) is 4.32. The highest BCUT2D eigenvalue weighted by Crippen LogP contribution is 2.29. The predicted molar refractivity (Wildman–Crippen MR) is 70.6 cm³/mol. The Morgan fingerprint density at radius 2 is 2.32 bits per heavy atom. The zero-order valence-electron chi connectivity index (χ0n) is 10.5. The van der Waals surface area contributed by atoms with Gasteiger partial charge in [0.25, 0.3) is 0 Å². The Hall–Kier alpha value is -1.62. The zero-order valence-corrected chi connectivity index (χ0v) is 11.2. The van der Waals surface area contributed by atoms with Crippen molar-refractivity contribution in [2.45, 2.75) is 13.3 Å². The molecule has 6 heteroatoms. The second-order valence-corrected chi connectivity index (χ2v) is 4.76. The Balaban J connectivity index is 2.20. The summed E-state index contributed by atoms with van der Waals surface area (Å²) in [7, 11) is 0. The summed E-state index contributed by atoms with van der Waals surface area (Å²) in [4.78, 5) is 25.1. The maximum atomic E-state index is 13.8. The number of carbonyl (C=O) groups is 2. The molecule has 0 bridgehead atoms. The van der Waals surface area contributed by atoms with Crippen LogP contribution in [0.5, 0.6) is 0 Å². The van der Waals surface area contributed by atoms with Gasteiger partial charge in [0.05, 0.1) is 5.69 Å². The molecule has 0 spiro atoms. The number of halogens is 2. The van der Waals surface area contributed by atoms with E-state index in [1.807, 2.05) is 0 Å². The largest absolute Gasteiger partial charge is 0.356 e. The Bertz CT molecular complexity index is 521. The molecule has 1 aromatic rings. The van der Waals surface area contributed by atoms with Crippen molar-refractivity contribution in [1.29, 1.82) is 0 Å². The molecule has 1 aliphatic rings. The minimum absolute atomic E-state index is 0.168. The molecule has 19 heavy (non-hydrogen) atoms. The van der Waals surface area contributed by atoms with Gasteiger partial charge < -0.3 is 10.2 Å². The van der Waals surface area contributed by atoms with E-state index in [9.17, 15) is 14.0 Å². The highest BCUT2D eigenvalue weighted by Gasteiger charge is 2.38. The molecule has 4 nitrogen and oxygen atoms in total. The number of hydrogen-bond donors (Lipinski definition) is 1. The minimum Gasteiger partial charge on any atom is -0.356 e. The van der Waals surface area contributed by atoms with E-state index in [4.69, 9.17) is 11.6 Å². The molecule has 2 amide bonds. The average molecular weight is 285 g/mol. The molecule has 0 saturated carbocycles. The molecule has 2 rings (SSSR count).